The van der Waals surface area contributed by atoms with Gasteiger partial charge in [-0.15, -0.1) is 0 Å². The molecule has 0 fully saturated rings. The summed E-state index contributed by atoms with van der Waals surface area (Å²) in [4.78, 5) is 2.04. The molecule has 1 N–H and O–H groups in total. The van der Waals surface area contributed by atoms with Gasteiger partial charge < -0.3 is 9.84 Å². The number of rotatable bonds is 5. The van der Waals surface area contributed by atoms with Gasteiger partial charge in [0, 0.05) is 13.0 Å². The van der Waals surface area contributed by atoms with E-state index in [4.69, 9.17) is 0 Å². The van der Waals surface area contributed by atoms with E-state index in [0.717, 1.165) is 6.92 Å². The van der Waals surface area contributed by atoms with E-state index in [-0.39, 0.29) is 0 Å². The number of pyridine rings is 1. The Labute approximate surface area is 129 Å². The third-order valence-electron chi connectivity index (χ3n) is 2.84. The van der Waals surface area contributed by atoms with Crippen LogP contribution >= 0.6 is 0 Å². The Balaban J connectivity index is 3.32. The quantitative estimate of drug-likeness (QED) is 0.631. The van der Waals surface area contributed by atoms with Crippen molar-refractivity contribution in [2.75, 3.05) is 6.61 Å². The van der Waals surface area contributed by atoms with Gasteiger partial charge in [0.15, 0.2) is 23.4 Å². The zero-order valence-electron chi connectivity index (χ0n) is 11.8. The lowest BCUT2D eigenvalue weighted by Gasteiger charge is -2.23. The smallest absolute Gasteiger partial charge is 0.388 e. The first kappa shape index (κ1) is 20.5. The van der Waals surface area contributed by atoms with E-state index in [1.54, 1.807) is 0 Å². The van der Waals surface area contributed by atoms with Crippen molar-refractivity contribution in [2.45, 2.75) is 37.9 Å². The highest BCUT2D eigenvalue weighted by Crippen LogP contribution is 2.37. The van der Waals surface area contributed by atoms with E-state index >= 15 is 0 Å². The fraction of sp³-hybridized carbons (Fsp3) is 0.583. The Kier molecular flexibility index (Phi) is 6.09. The number of nitrogens with zero attached hydrogens (tertiary/aromatic N) is 1. The number of ether oxygens (including phenoxy) is 1. The molecule has 1 rings (SSSR count). The van der Waals surface area contributed by atoms with Crippen LogP contribution < -0.4 is 0 Å². The van der Waals surface area contributed by atoms with Gasteiger partial charge in [0.05, 0.1) is 11.7 Å². The number of alkyl halides is 6. The van der Waals surface area contributed by atoms with Crippen molar-refractivity contribution >= 4 is 0 Å². The lowest BCUT2D eigenvalue weighted by molar-refractivity contribution is -0.226. The summed E-state index contributed by atoms with van der Waals surface area (Å²) in [6.45, 7) is 0.653. The first-order chi connectivity index (χ1) is 10.8. The second-order valence-electron chi connectivity index (χ2n) is 4.53. The Morgan fingerprint density at radius 1 is 1.04 bits per heavy atom. The van der Waals surface area contributed by atoms with Crippen LogP contribution in [-0.4, -0.2) is 29.0 Å². The van der Waals surface area contributed by atoms with Crippen LogP contribution in [0, 0.1) is 17.6 Å². The minimum Gasteiger partial charge on any atom is -0.388 e. The number of hydrogen-bond donors (Lipinski definition) is 1. The summed E-state index contributed by atoms with van der Waals surface area (Å²) in [6, 6.07) is 0. The molecule has 0 amide bonds. The fourth-order valence-corrected chi connectivity index (χ4v) is 1.83. The molecule has 1 heterocycles. The summed E-state index contributed by atoms with van der Waals surface area (Å²) in [6.07, 6.45) is -17.6. The minimum atomic E-state index is -5.55. The van der Waals surface area contributed by atoms with Crippen molar-refractivity contribution in [3.8, 4) is 0 Å². The molecule has 24 heavy (non-hydrogen) atoms. The highest BCUT2D eigenvalue weighted by molar-refractivity contribution is 5.26. The standard InChI is InChI=1S/C12H10F9NO2/c1-2-24-5(11(16,17)18)3-4(23)6-7(13)9(12(19,20)21)22-10(15)8(6)14/h4-5,23H,2-3H2,1H3. The van der Waals surface area contributed by atoms with Crippen LogP contribution in [0.3, 0.4) is 0 Å². The van der Waals surface area contributed by atoms with Crippen molar-refractivity contribution in [1.29, 1.82) is 0 Å². The van der Waals surface area contributed by atoms with Crippen molar-refractivity contribution in [3.63, 3.8) is 0 Å². The Morgan fingerprint density at radius 2 is 1.58 bits per heavy atom. The van der Waals surface area contributed by atoms with Gasteiger partial charge in [-0.05, 0) is 6.92 Å². The molecular weight excluding hydrogens is 361 g/mol. The van der Waals surface area contributed by atoms with Crippen LogP contribution in [0.1, 0.15) is 30.7 Å². The molecule has 138 valence electrons. The fourth-order valence-electron chi connectivity index (χ4n) is 1.83. The first-order valence-electron chi connectivity index (χ1n) is 6.28. The molecule has 0 bridgehead atoms. The van der Waals surface area contributed by atoms with E-state index in [1.165, 1.54) is 0 Å². The molecule has 0 aliphatic heterocycles. The predicted octanol–water partition coefficient (Wildman–Crippen LogP) is 3.91. The lowest BCUT2D eigenvalue weighted by Crippen LogP contribution is -2.34. The van der Waals surface area contributed by atoms with Gasteiger partial charge in [0.2, 0.25) is 5.95 Å². The zero-order chi connectivity index (χ0) is 18.9. The largest absolute Gasteiger partial charge is 0.436 e. The van der Waals surface area contributed by atoms with Gasteiger partial charge in [-0.25, -0.2) is 13.8 Å². The van der Waals surface area contributed by atoms with Crippen molar-refractivity contribution in [1.82, 2.24) is 4.98 Å². The first-order valence-corrected chi connectivity index (χ1v) is 6.28. The number of aliphatic hydroxyl groups is 1. The zero-order valence-corrected chi connectivity index (χ0v) is 11.8. The number of aliphatic hydroxyl groups excluding tert-OH is 1. The van der Waals surface area contributed by atoms with E-state index in [1.807, 2.05) is 4.98 Å². The summed E-state index contributed by atoms with van der Waals surface area (Å²) in [5.74, 6) is -7.21. The summed E-state index contributed by atoms with van der Waals surface area (Å²) in [5.41, 5.74) is -4.39. The van der Waals surface area contributed by atoms with Gasteiger partial charge in [-0.2, -0.15) is 30.7 Å². The maximum atomic E-state index is 13.7. The van der Waals surface area contributed by atoms with Gasteiger partial charge in [0.25, 0.3) is 0 Å². The van der Waals surface area contributed by atoms with Crippen LogP contribution in [0.15, 0.2) is 0 Å². The highest BCUT2D eigenvalue weighted by atomic mass is 19.4. The summed E-state index contributed by atoms with van der Waals surface area (Å²) < 4.78 is 120. The molecule has 0 aromatic carbocycles. The monoisotopic (exact) mass is 371 g/mol. The van der Waals surface area contributed by atoms with Crippen molar-refractivity contribution in [2.24, 2.45) is 0 Å². The van der Waals surface area contributed by atoms with Crippen LogP contribution in [0.2, 0.25) is 0 Å². The molecular formula is C12H10F9NO2. The van der Waals surface area contributed by atoms with Crippen molar-refractivity contribution in [3.05, 3.63) is 28.8 Å². The normalized spacial score (nSPS) is 15.5. The summed E-state index contributed by atoms with van der Waals surface area (Å²) >= 11 is 0. The molecule has 0 aliphatic rings. The second kappa shape index (κ2) is 7.13. The van der Waals surface area contributed by atoms with E-state index in [9.17, 15) is 44.6 Å². The van der Waals surface area contributed by atoms with Gasteiger partial charge in [-0.1, -0.05) is 0 Å². The predicted molar refractivity (Wildman–Crippen MR) is 60.2 cm³/mol. The molecule has 2 unspecified atom stereocenters. The van der Waals surface area contributed by atoms with E-state index < -0.39 is 66.4 Å². The molecule has 1 aromatic rings. The average molecular weight is 371 g/mol. The number of halogens is 9. The van der Waals surface area contributed by atoms with Gasteiger partial charge in [-0.3, -0.25) is 0 Å². The average Bonchev–Trinajstić information content (AvgIpc) is 2.40. The summed E-state index contributed by atoms with van der Waals surface area (Å²) in [7, 11) is 0. The van der Waals surface area contributed by atoms with Crippen LogP contribution in [0.4, 0.5) is 39.5 Å². The lowest BCUT2D eigenvalue weighted by atomic mass is 10.0. The number of hydrogen-bond acceptors (Lipinski definition) is 3. The third-order valence-corrected chi connectivity index (χ3v) is 2.84. The third kappa shape index (κ3) is 4.50. The van der Waals surface area contributed by atoms with Gasteiger partial charge >= 0.3 is 12.4 Å². The molecule has 2 atom stereocenters. The molecule has 0 saturated carbocycles. The SMILES string of the molecule is CCOC(CC(O)c1c(F)c(F)nc(C(F)(F)F)c1F)C(F)(F)F. The topological polar surface area (TPSA) is 42.4 Å². The maximum Gasteiger partial charge on any atom is 0.436 e. The Morgan fingerprint density at radius 3 is 2.00 bits per heavy atom. The molecule has 12 heteroatoms. The number of aromatic nitrogens is 1. The van der Waals surface area contributed by atoms with Gasteiger partial charge in [0.1, 0.15) is 0 Å². The van der Waals surface area contributed by atoms with Crippen LogP contribution in [-0.2, 0) is 10.9 Å². The molecule has 0 radical (unpaired) electrons. The Bertz CT molecular complexity index is 585. The summed E-state index contributed by atoms with van der Waals surface area (Å²) in [5, 5.41) is 9.54. The maximum absolute atomic E-state index is 13.7. The molecule has 3 nitrogen and oxygen atoms in total. The van der Waals surface area contributed by atoms with E-state index in [2.05, 4.69) is 4.74 Å². The molecule has 0 aliphatic carbocycles. The molecule has 0 spiro atoms. The molecule has 0 saturated heterocycles. The molecule has 1 aromatic heterocycles. The Hall–Kier alpha value is -1.56. The van der Waals surface area contributed by atoms with E-state index in [0.29, 0.717) is 0 Å². The van der Waals surface area contributed by atoms with Crippen LogP contribution in [0.5, 0.6) is 0 Å². The van der Waals surface area contributed by atoms with Crippen LogP contribution in [0.25, 0.3) is 0 Å². The second-order valence-corrected chi connectivity index (χ2v) is 4.53. The highest BCUT2D eigenvalue weighted by Gasteiger charge is 2.44. The minimum absolute atomic E-state index is 0.500. The van der Waals surface area contributed by atoms with Crippen molar-refractivity contribution < 1.29 is 49.4 Å².